The van der Waals surface area contributed by atoms with Crippen LogP contribution in [0.3, 0.4) is 0 Å². The van der Waals surface area contributed by atoms with Gasteiger partial charge >= 0.3 is 6.03 Å². The van der Waals surface area contributed by atoms with Gasteiger partial charge in [0.15, 0.2) is 0 Å². The largest absolute Gasteiger partial charge is 0.497 e. The molecule has 0 bridgehead atoms. The topological polar surface area (TPSA) is 96.5 Å². The lowest BCUT2D eigenvalue weighted by atomic mass is 10.2. The predicted octanol–water partition coefficient (Wildman–Crippen LogP) is 4.45. The highest BCUT2D eigenvalue weighted by atomic mass is 32.2. The van der Waals surface area contributed by atoms with Crippen LogP contribution in [0.25, 0.3) is 0 Å². The molecule has 0 radical (unpaired) electrons. The molecule has 7 nitrogen and oxygen atoms in total. The molecule has 0 aromatic heterocycles. The summed E-state index contributed by atoms with van der Waals surface area (Å²) in [6.45, 7) is 1.88. The Kier molecular flexibility index (Phi) is 6.04. The maximum Gasteiger partial charge on any atom is 0.323 e. The lowest BCUT2D eigenvalue weighted by molar-refractivity contribution is 0.262. The number of para-hydroxylation sites is 2. The van der Waals surface area contributed by atoms with Crippen molar-refractivity contribution in [3.05, 3.63) is 78.4 Å². The number of rotatable bonds is 6. The Morgan fingerprint density at radius 1 is 0.828 bits per heavy atom. The van der Waals surface area contributed by atoms with Crippen molar-refractivity contribution in [1.82, 2.24) is 0 Å². The van der Waals surface area contributed by atoms with Crippen molar-refractivity contribution in [3.63, 3.8) is 0 Å². The number of hydrogen-bond acceptors (Lipinski definition) is 4. The molecule has 29 heavy (non-hydrogen) atoms. The number of sulfonamides is 1. The molecular weight excluding hydrogens is 390 g/mol. The quantitative estimate of drug-likeness (QED) is 0.558. The van der Waals surface area contributed by atoms with Crippen molar-refractivity contribution < 1.29 is 17.9 Å². The Hall–Kier alpha value is -3.52. The maximum absolute atomic E-state index is 12.7. The van der Waals surface area contributed by atoms with Crippen molar-refractivity contribution in [3.8, 4) is 5.75 Å². The number of aryl methyl sites for hydroxylation is 1. The monoisotopic (exact) mass is 411 g/mol. The summed E-state index contributed by atoms with van der Waals surface area (Å²) >= 11 is 0. The van der Waals surface area contributed by atoms with E-state index in [1.807, 2.05) is 6.92 Å². The van der Waals surface area contributed by atoms with E-state index in [4.69, 9.17) is 4.74 Å². The number of urea groups is 1. The van der Waals surface area contributed by atoms with Crippen LogP contribution in [0.4, 0.5) is 21.9 Å². The van der Waals surface area contributed by atoms with Crippen molar-refractivity contribution in [2.24, 2.45) is 0 Å². The minimum Gasteiger partial charge on any atom is -0.497 e. The van der Waals surface area contributed by atoms with Crippen molar-refractivity contribution in [2.75, 3.05) is 22.5 Å². The molecule has 3 rings (SSSR count). The summed E-state index contributed by atoms with van der Waals surface area (Å²) in [6, 6.07) is 19.4. The molecule has 3 aromatic rings. The highest BCUT2D eigenvalue weighted by Crippen LogP contribution is 2.25. The summed E-state index contributed by atoms with van der Waals surface area (Å²) < 4.78 is 32.9. The minimum absolute atomic E-state index is 0.139. The number of carbonyl (C=O) groups excluding carboxylic acids is 1. The second kappa shape index (κ2) is 8.66. The van der Waals surface area contributed by atoms with E-state index in [2.05, 4.69) is 15.4 Å². The van der Waals surface area contributed by atoms with E-state index in [0.717, 1.165) is 5.56 Å². The lowest BCUT2D eigenvalue weighted by Crippen LogP contribution is -2.21. The summed E-state index contributed by atoms with van der Waals surface area (Å²) in [5.74, 6) is 0.673. The molecule has 3 aromatic carbocycles. The zero-order chi connectivity index (χ0) is 20.9. The third-order valence-electron chi connectivity index (χ3n) is 4.10. The van der Waals surface area contributed by atoms with Crippen LogP contribution in [-0.4, -0.2) is 21.6 Å². The second-order valence-electron chi connectivity index (χ2n) is 6.27. The lowest BCUT2D eigenvalue weighted by Gasteiger charge is -2.14. The normalized spacial score (nSPS) is 10.8. The average molecular weight is 411 g/mol. The van der Waals surface area contributed by atoms with Gasteiger partial charge in [0.25, 0.3) is 10.0 Å². The fourth-order valence-corrected chi connectivity index (χ4v) is 3.64. The van der Waals surface area contributed by atoms with E-state index >= 15 is 0 Å². The van der Waals surface area contributed by atoms with Crippen LogP contribution in [0, 0.1) is 6.92 Å². The van der Waals surface area contributed by atoms with Crippen LogP contribution in [0.15, 0.2) is 77.7 Å². The number of anilines is 3. The molecule has 0 saturated carbocycles. The zero-order valence-electron chi connectivity index (χ0n) is 16.0. The van der Waals surface area contributed by atoms with Gasteiger partial charge in [-0.1, -0.05) is 29.8 Å². The molecule has 0 fully saturated rings. The van der Waals surface area contributed by atoms with Crippen molar-refractivity contribution in [2.45, 2.75) is 11.8 Å². The van der Waals surface area contributed by atoms with E-state index in [9.17, 15) is 13.2 Å². The predicted molar refractivity (Wildman–Crippen MR) is 114 cm³/mol. The first-order chi connectivity index (χ1) is 13.9. The number of ether oxygens (including phenoxy) is 1. The first-order valence-corrected chi connectivity index (χ1v) is 10.3. The van der Waals surface area contributed by atoms with Crippen molar-refractivity contribution in [1.29, 1.82) is 0 Å². The van der Waals surface area contributed by atoms with Crippen LogP contribution >= 0.6 is 0 Å². The van der Waals surface area contributed by atoms with Gasteiger partial charge in [-0.2, -0.15) is 0 Å². The van der Waals surface area contributed by atoms with Crippen LogP contribution in [-0.2, 0) is 10.0 Å². The summed E-state index contributed by atoms with van der Waals surface area (Å²) in [6.07, 6.45) is 0. The van der Waals surface area contributed by atoms with Gasteiger partial charge in [0, 0.05) is 5.69 Å². The van der Waals surface area contributed by atoms with Gasteiger partial charge in [-0.25, -0.2) is 13.2 Å². The molecule has 0 aliphatic carbocycles. The molecule has 150 valence electrons. The van der Waals surface area contributed by atoms with Crippen LogP contribution in [0.1, 0.15) is 5.56 Å². The first-order valence-electron chi connectivity index (χ1n) is 8.78. The molecule has 0 aliphatic heterocycles. The molecule has 0 atom stereocenters. The van der Waals surface area contributed by atoms with E-state index < -0.39 is 16.1 Å². The van der Waals surface area contributed by atoms with Gasteiger partial charge in [0.2, 0.25) is 0 Å². The molecule has 0 heterocycles. The Labute approximate surface area is 169 Å². The summed E-state index contributed by atoms with van der Waals surface area (Å²) in [4.78, 5) is 12.5. The fourth-order valence-electron chi connectivity index (χ4n) is 2.56. The third kappa shape index (κ3) is 5.26. The van der Waals surface area contributed by atoms with Gasteiger partial charge in [-0.3, -0.25) is 4.72 Å². The zero-order valence-corrected chi connectivity index (χ0v) is 16.8. The average Bonchev–Trinajstić information content (AvgIpc) is 2.70. The number of hydrogen-bond donors (Lipinski definition) is 3. The summed E-state index contributed by atoms with van der Waals surface area (Å²) in [5.41, 5.74) is 2.12. The Balaban J connectivity index is 1.74. The minimum atomic E-state index is -3.79. The molecule has 0 saturated heterocycles. The van der Waals surface area contributed by atoms with Gasteiger partial charge in [-0.15, -0.1) is 0 Å². The molecule has 0 unspecified atom stereocenters. The van der Waals surface area contributed by atoms with Gasteiger partial charge in [0.05, 0.1) is 23.4 Å². The Morgan fingerprint density at radius 2 is 1.45 bits per heavy atom. The van der Waals surface area contributed by atoms with Crippen LogP contribution < -0.4 is 20.1 Å². The van der Waals surface area contributed by atoms with E-state index in [1.165, 1.54) is 12.1 Å². The standard InChI is InChI=1S/C21H21N3O4S/c1-15-7-13-18(14-8-15)29(26,27)24-20-6-4-3-5-19(20)23-21(25)22-16-9-11-17(28-2)12-10-16/h3-14,24H,1-2H3,(H2,22,23,25). The first kappa shape index (κ1) is 20.2. The van der Waals surface area contributed by atoms with Gasteiger partial charge in [0.1, 0.15) is 5.75 Å². The number of nitrogens with one attached hydrogen (secondary N) is 3. The fraction of sp³-hybridized carbons (Fsp3) is 0.0952. The van der Waals surface area contributed by atoms with Crippen LogP contribution in [0.2, 0.25) is 0 Å². The molecule has 2 amide bonds. The molecule has 3 N–H and O–H groups in total. The Morgan fingerprint density at radius 3 is 2.07 bits per heavy atom. The van der Waals surface area contributed by atoms with E-state index in [-0.39, 0.29) is 10.6 Å². The summed E-state index contributed by atoms with van der Waals surface area (Å²) in [7, 11) is -2.23. The maximum atomic E-state index is 12.7. The van der Waals surface area contributed by atoms with Gasteiger partial charge < -0.3 is 15.4 Å². The SMILES string of the molecule is COc1ccc(NC(=O)Nc2ccccc2NS(=O)(=O)c2ccc(C)cc2)cc1. The number of carbonyl (C=O) groups is 1. The number of methoxy groups -OCH3 is 1. The highest BCUT2D eigenvalue weighted by molar-refractivity contribution is 7.92. The van der Waals surface area contributed by atoms with E-state index in [0.29, 0.717) is 17.1 Å². The van der Waals surface area contributed by atoms with Crippen LogP contribution in [0.5, 0.6) is 5.75 Å². The third-order valence-corrected chi connectivity index (χ3v) is 5.48. The molecule has 8 heteroatoms. The highest BCUT2D eigenvalue weighted by Gasteiger charge is 2.16. The molecular formula is C21H21N3O4S. The number of amides is 2. The Bertz CT molecular complexity index is 1100. The molecule has 0 aliphatic rings. The van der Waals surface area contributed by atoms with Gasteiger partial charge in [-0.05, 0) is 55.5 Å². The second-order valence-corrected chi connectivity index (χ2v) is 7.95. The molecule has 0 spiro atoms. The number of benzene rings is 3. The van der Waals surface area contributed by atoms with E-state index in [1.54, 1.807) is 67.8 Å². The summed E-state index contributed by atoms with van der Waals surface area (Å²) in [5, 5.41) is 5.35. The van der Waals surface area contributed by atoms with Crippen molar-refractivity contribution >= 4 is 33.1 Å². The smallest absolute Gasteiger partial charge is 0.323 e.